The van der Waals surface area contributed by atoms with Crippen LogP contribution >= 0.6 is 23.4 Å². The average molecular weight is 472 g/mol. The molecule has 1 heterocycles. The van der Waals surface area contributed by atoms with Gasteiger partial charge in [0, 0.05) is 27.2 Å². The van der Waals surface area contributed by atoms with Gasteiger partial charge in [0.1, 0.15) is 5.82 Å². The molecule has 0 atom stereocenters. The van der Waals surface area contributed by atoms with Gasteiger partial charge in [0.25, 0.3) is 5.91 Å². The summed E-state index contributed by atoms with van der Waals surface area (Å²) in [5.41, 5.74) is 1.48. The highest BCUT2D eigenvalue weighted by Crippen LogP contribution is 2.26. The molecule has 0 saturated carbocycles. The number of hydrogen-bond acceptors (Lipinski definition) is 5. The Balaban J connectivity index is 1.54. The number of halogens is 1. The van der Waals surface area contributed by atoms with Gasteiger partial charge in [-0.05, 0) is 36.4 Å². The van der Waals surface area contributed by atoms with Gasteiger partial charge in [0.15, 0.2) is 6.61 Å². The first-order chi connectivity index (χ1) is 15.2. The molecule has 32 heavy (non-hydrogen) atoms. The van der Waals surface area contributed by atoms with Gasteiger partial charge in [-0.1, -0.05) is 50.6 Å². The van der Waals surface area contributed by atoms with Crippen LogP contribution in [0.3, 0.4) is 0 Å². The van der Waals surface area contributed by atoms with E-state index in [1.54, 1.807) is 16.8 Å². The van der Waals surface area contributed by atoms with Crippen molar-refractivity contribution in [2.24, 2.45) is 0 Å². The van der Waals surface area contributed by atoms with E-state index in [4.69, 9.17) is 16.3 Å². The van der Waals surface area contributed by atoms with E-state index < -0.39 is 11.9 Å². The van der Waals surface area contributed by atoms with Crippen LogP contribution in [0.1, 0.15) is 32.9 Å². The van der Waals surface area contributed by atoms with Crippen LogP contribution in [-0.2, 0) is 19.7 Å². The number of benzene rings is 2. The number of thioether (sulfide) groups is 1. The molecule has 1 amide bonds. The summed E-state index contributed by atoms with van der Waals surface area (Å²) in [5.74, 6) is 0.243. The van der Waals surface area contributed by atoms with Crippen molar-refractivity contribution in [3.05, 3.63) is 71.4 Å². The number of para-hydroxylation sites is 1. The summed E-state index contributed by atoms with van der Waals surface area (Å²) in [5, 5.41) is 8.14. The fourth-order valence-corrected chi connectivity index (χ4v) is 3.74. The van der Waals surface area contributed by atoms with Crippen molar-refractivity contribution < 1.29 is 14.3 Å². The van der Waals surface area contributed by atoms with Crippen LogP contribution < -0.4 is 5.32 Å². The summed E-state index contributed by atoms with van der Waals surface area (Å²) >= 11 is 7.39. The fourth-order valence-electron chi connectivity index (χ4n) is 2.78. The Labute approximate surface area is 197 Å². The number of carbonyl (C=O) groups excluding carboxylic acids is 2. The quantitative estimate of drug-likeness (QED) is 0.347. The van der Waals surface area contributed by atoms with Crippen LogP contribution in [0.5, 0.6) is 0 Å². The minimum atomic E-state index is -0.423. The van der Waals surface area contributed by atoms with Crippen molar-refractivity contribution in [1.29, 1.82) is 0 Å². The number of hydrogen-bond donors (Lipinski definition) is 1. The average Bonchev–Trinajstić information content (AvgIpc) is 3.18. The number of nitrogens with zero attached hydrogens (tertiary/aromatic N) is 2. The first-order valence-electron chi connectivity index (χ1n) is 10.2. The van der Waals surface area contributed by atoms with Gasteiger partial charge in [-0.25, -0.2) is 4.68 Å². The fraction of sp³-hybridized carbons (Fsp3) is 0.292. The summed E-state index contributed by atoms with van der Waals surface area (Å²) < 4.78 is 6.82. The molecule has 0 unspecified atom stereocenters. The minimum absolute atomic E-state index is 0.187. The summed E-state index contributed by atoms with van der Waals surface area (Å²) in [6, 6.07) is 18.8. The van der Waals surface area contributed by atoms with Crippen LogP contribution in [0, 0.1) is 0 Å². The van der Waals surface area contributed by atoms with Crippen LogP contribution in [0.15, 0.2) is 65.6 Å². The third-order valence-corrected chi connectivity index (χ3v) is 5.76. The summed E-state index contributed by atoms with van der Waals surface area (Å²) in [6.07, 6.45) is 0.205. The van der Waals surface area contributed by atoms with Gasteiger partial charge in [-0.2, -0.15) is 5.10 Å². The van der Waals surface area contributed by atoms with Gasteiger partial charge in [0.05, 0.1) is 17.8 Å². The van der Waals surface area contributed by atoms with Crippen LogP contribution in [0.25, 0.3) is 5.69 Å². The molecule has 0 bridgehead atoms. The Morgan fingerprint density at radius 1 is 1.09 bits per heavy atom. The third kappa shape index (κ3) is 6.87. The number of ether oxygens (including phenoxy) is 1. The summed E-state index contributed by atoms with van der Waals surface area (Å²) in [6.45, 7) is 5.82. The molecule has 1 N–H and O–H groups in total. The molecule has 0 aliphatic carbocycles. The van der Waals surface area contributed by atoms with Crippen molar-refractivity contribution in [1.82, 2.24) is 9.78 Å². The first-order valence-corrected chi connectivity index (χ1v) is 11.6. The van der Waals surface area contributed by atoms with Crippen molar-refractivity contribution in [2.75, 3.05) is 17.7 Å². The Morgan fingerprint density at radius 3 is 2.44 bits per heavy atom. The maximum Gasteiger partial charge on any atom is 0.307 e. The highest BCUT2D eigenvalue weighted by molar-refractivity contribution is 7.99. The summed E-state index contributed by atoms with van der Waals surface area (Å²) in [7, 11) is 0. The lowest BCUT2D eigenvalue weighted by Gasteiger charge is -2.14. The second-order valence-electron chi connectivity index (χ2n) is 8.17. The van der Waals surface area contributed by atoms with E-state index in [1.807, 2.05) is 48.5 Å². The molecule has 6 nitrogen and oxygen atoms in total. The Bertz CT molecular complexity index is 1060. The molecule has 0 spiro atoms. The zero-order valence-electron chi connectivity index (χ0n) is 18.3. The largest absolute Gasteiger partial charge is 0.456 e. The molecule has 0 aliphatic heterocycles. The number of esters is 1. The topological polar surface area (TPSA) is 73.2 Å². The molecule has 0 radical (unpaired) electrons. The molecule has 0 saturated heterocycles. The van der Waals surface area contributed by atoms with E-state index in [1.165, 1.54) is 11.8 Å². The lowest BCUT2D eigenvalue weighted by Crippen LogP contribution is -2.22. The lowest BCUT2D eigenvalue weighted by molar-refractivity contribution is -0.146. The van der Waals surface area contributed by atoms with E-state index >= 15 is 0 Å². The molecular formula is C24H26ClN3O3S. The van der Waals surface area contributed by atoms with Gasteiger partial charge >= 0.3 is 5.97 Å². The predicted molar refractivity (Wildman–Crippen MR) is 129 cm³/mol. The predicted octanol–water partition coefficient (Wildman–Crippen LogP) is 5.49. The SMILES string of the molecule is CC(C)(C)c1cc(NC(=O)COC(=O)CCSc2ccc(Cl)cc2)n(-c2ccccc2)n1. The van der Waals surface area contributed by atoms with Crippen molar-refractivity contribution in [3.8, 4) is 5.69 Å². The molecule has 0 aliphatic rings. The summed E-state index contributed by atoms with van der Waals surface area (Å²) in [4.78, 5) is 25.5. The molecule has 2 aromatic carbocycles. The number of anilines is 1. The van der Waals surface area contributed by atoms with Crippen molar-refractivity contribution in [2.45, 2.75) is 37.5 Å². The second-order valence-corrected chi connectivity index (χ2v) is 9.78. The standard InChI is InChI=1S/C24H26ClN3O3S/c1-24(2,3)20-15-21(28(27-20)18-7-5-4-6-8-18)26-22(29)16-31-23(30)13-14-32-19-11-9-17(25)10-12-19/h4-12,15H,13-14,16H2,1-3H3,(H,26,29). The Hall–Kier alpha value is -2.77. The maximum atomic E-state index is 12.4. The van der Waals surface area contributed by atoms with E-state index in [9.17, 15) is 9.59 Å². The molecule has 1 aromatic heterocycles. The Morgan fingerprint density at radius 2 is 1.78 bits per heavy atom. The molecule has 3 rings (SSSR count). The second kappa shape index (κ2) is 10.7. The molecular weight excluding hydrogens is 446 g/mol. The molecule has 8 heteroatoms. The van der Waals surface area contributed by atoms with Gasteiger partial charge in [-0.3, -0.25) is 9.59 Å². The number of nitrogens with one attached hydrogen (secondary N) is 1. The Kier molecular flexibility index (Phi) is 7.99. The first kappa shape index (κ1) is 23.9. The number of amides is 1. The van der Waals surface area contributed by atoms with Gasteiger partial charge < -0.3 is 10.1 Å². The number of aromatic nitrogens is 2. The monoisotopic (exact) mass is 471 g/mol. The van der Waals surface area contributed by atoms with Crippen LogP contribution in [-0.4, -0.2) is 34.0 Å². The number of carbonyl (C=O) groups is 2. The van der Waals surface area contributed by atoms with Gasteiger partial charge in [0.2, 0.25) is 0 Å². The molecule has 3 aromatic rings. The van der Waals surface area contributed by atoms with E-state index in [0.29, 0.717) is 16.6 Å². The van der Waals surface area contributed by atoms with Crippen molar-refractivity contribution in [3.63, 3.8) is 0 Å². The third-order valence-electron chi connectivity index (χ3n) is 4.50. The maximum absolute atomic E-state index is 12.4. The number of rotatable bonds is 8. The highest BCUT2D eigenvalue weighted by Gasteiger charge is 2.21. The zero-order chi connectivity index (χ0) is 23.1. The van der Waals surface area contributed by atoms with Crippen molar-refractivity contribution >= 4 is 41.1 Å². The highest BCUT2D eigenvalue weighted by atomic mass is 35.5. The smallest absolute Gasteiger partial charge is 0.307 e. The van der Waals surface area contributed by atoms with Gasteiger partial charge in [-0.15, -0.1) is 11.8 Å². The van der Waals surface area contributed by atoms with Crippen LogP contribution in [0.2, 0.25) is 5.02 Å². The molecule has 168 valence electrons. The normalized spacial score (nSPS) is 11.2. The molecule has 0 fully saturated rings. The van der Waals surface area contributed by atoms with E-state index in [2.05, 4.69) is 31.2 Å². The zero-order valence-corrected chi connectivity index (χ0v) is 19.9. The van der Waals surface area contributed by atoms with E-state index in [0.717, 1.165) is 16.3 Å². The lowest BCUT2D eigenvalue weighted by atomic mass is 9.92. The minimum Gasteiger partial charge on any atom is -0.456 e. The van der Waals surface area contributed by atoms with Crippen LogP contribution in [0.4, 0.5) is 5.82 Å². The van der Waals surface area contributed by atoms with E-state index in [-0.39, 0.29) is 18.4 Å².